The molecule has 0 aromatic carbocycles. The highest BCUT2D eigenvalue weighted by atomic mass is 31.0. The molecular weight excluding hydrogens is 65.8 g/mol. The molecule has 1 atom stereocenters. The summed E-state index contributed by atoms with van der Waals surface area (Å²) in [6, 6.07) is 0. The summed E-state index contributed by atoms with van der Waals surface area (Å²) in [4.78, 5) is 0. The Morgan fingerprint density at radius 3 is 1.75 bits per heavy atom. The Morgan fingerprint density at radius 2 is 1.75 bits per heavy atom. The Bertz CT molecular complexity index is 13.5. The number of rotatable bonds is 0. The molecular formula is C2H8BP. The molecule has 0 nitrogen and oxygen atoms in total. The molecule has 4 heavy (non-hydrogen) atoms. The molecule has 0 bridgehead atoms. The predicted octanol–water partition coefficient (Wildman–Crippen LogP) is -0.179. The van der Waals surface area contributed by atoms with Crippen molar-refractivity contribution in [1.29, 1.82) is 0 Å². The van der Waals surface area contributed by atoms with Crippen molar-refractivity contribution in [3.05, 3.63) is 12.4 Å². The normalized spacial score (nSPS) is 3.25. The first-order valence-corrected chi connectivity index (χ1v) is 1.41. The molecule has 1 unspecified atom stereocenters. The average Bonchev–Trinajstić information content (AvgIpc) is 0.918. The molecule has 2 heteroatoms. The minimum absolute atomic E-state index is 0. The van der Waals surface area contributed by atoms with Gasteiger partial charge in [-0.15, -0.1) is 9.24 Å². The van der Waals surface area contributed by atoms with Gasteiger partial charge in [-0.2, -0.15) is 0 Å². The van der Waals surface area contributed by atoms with Crippen molar-refractivity contribution < 1.29 is 0 Å². The lowest BCUT2D eigenvalue weighted by Gasteiger charge is -1.32. The zero-order chi connectivity index (χ0) is 2.71. The molecule has 0 saturated heterocycles. The van der Waals surface area contributed by atoms with Crippen LogP contribution >= 0.6 is 9.24 Å². The maximum atomic E-state index is 3.32. The third-order valence-electron chi connectivity index (χ3n) is 0. The standard InChI is InChI=1S/C2H5P.BH3/c1-2-3;/h2H,1,3H2;1H3. The zero-order valence-electron chi connectivity index (χ0n) is 1.86. The molecule has 0 heterocycles. The van der Waals surface area contributed by atoms with Gasteiger partial charge in [0.15, 0.2) is 0 Å². The molecule has 0 fully saturated rings. The number of hydrogen-bond acceptors (Lipinski definition) is 0. The van der Waals surface area contributed by atoms with E-state index < -0.39 is 0 Å². The van der Waals surface area contributed by atoms with Crippen molar-refractivity contribution in [2.45, 2.75) is 0 Å². The van der Waals surface area contributed by atoms with E-state index in [0.717, 1.165) is 0 Å². The van der Waals surface area contributed by atoms with E-state index in [2.05, 4.69) is 15.8 Å². The highest BCUT2D eigenvalue weighted by molar-refractivity contribution is 7.20. The minimum Gasteiger partial charge on any atom is -0.114 e. The largest absolute Gasteiger partial charge is 0.114 e. The van der Waals surface area contributed by atoms with Gasteiger partial charge in [0.05, 0.1) is 8.41 Å². The summed E-state index contributed by atoms with van der Waals surface area (Å²) in [5, 5.41) is 0. The van der Waals surface area contributed by atoms with E-state index in [4.69, 9.17) is 0 Å². The molecule has 0 N–H and O–H groups in total. The molecule has 0 aromatic rings. The zero-order valence-corrected chi connectivity index (χ0v) is 3.02. The van der Waals surface area contributed by atoms with Crippen molar-refractivity contribution in [1.82, 2.24) is 0 Å². The van der Waals surface area contributed by atoms with Gasteiger partial charge in [-0.1, -0.05) is 12.4 Å². The second-order valence-corrected chi connectivity index (χ2v) is 0.707. The van der Waals surface area contributed by atoms with Gasteiger partial charge >= 0.3 is 0 Å². The summed E-state index contributed by atoms with van der Waals surface area (Å²) in [6.07, 6.45) is 0. The third-order valence-corrected chi connectivity index (χ3v) is 0. The molecule has 0 spiro atoms. The number of hydrogen-bond donors (Lipinski definition) is 0. The van der Waals surface area contributed by atoms with Gasteiger partial charge in [0.2, 0.25) is 0 Å². The van der Waals surface area contributed by atoms with Crippen LogP contribution in [0.3, 0.4) is 0 Å². The first kappa shape index (κ1) is 8.87. The van der Waals surface area contributed by atoms with Gasteiger partial charge in [-0.3, -0.25) is 0 Å². The molecule has 0 aliphatic carbocycles. The van der Waals surface area contributed by atoms with Crippen LogP contribution in [0.5, 0.6) is 0 Å². The smallest absolute Gasteiger partial charge is 0.0814 e. The van der Waals surface area contributed by atoms with Crippen molar-refractivity contribution in [3.8, 4) is 0 Å². The monoisotopic (exact) mass is 74.0 g/mol. The van der Waals surface area contributed by atoms with Crippen LogP contribution in [0.15, 0.2) is 12.4 Å². The molecule has 0 rings (SSSR count). The van der Waals surface area contributed by atoms with E-state index in [1.54, 1.807) is 5.82 Å². The lowest BCUT2D eigenvalue weighted by molar-refractivity contribution is 2.68. The van der Waals surface area contributed by atoms with Crippen LogP contribution < -0.4 is 0 Å². The highest BCUT2D eigenvalue weighted by Gasteiger charge is 1.13. The van der Waals surface area contributed by atoms with E-state index in [9.17, 15) is 0 Å². The van der Waals surface area contributed by atoms with Crippen LogP contribution in [0.1, 0.15) is 0 Å². The van der Waals surface area contributed by atoms with Gasteiger partial charge in [0, 0.05) is 0 Å². The van der Waals surface area contributed by atoms with E-state index in [-0.39, 0.29) is 8.41 Å². The Hall–Kier alpha value is 0.235. The second kappa shape index (κ2) is 10.6. The molecule has 0 aliphatic rings. The van der Waals surface area contributed by atoms with Crippen molar-refractivity contribution >= 4 is 17.7 Å². The summed E-state index contributed by atoms with van der Waals surface area (Å²) < 4.78 is 0. The maximum Gasteiger partial charge on any atom is 0.0814 e. The van der Waals surface area contributed by atoms with Crippen LogP contribution in [0, 0.1) is 0 Å². The summed E-state index contributed by atoms with van der Waals surface area (Å²) in [5.74, 6) is 1.67. The second-order valence-electron chi connectivity index (χ2n) is 0.236. The maximum absolute atomic E-state index is 3.32. The summed E-state index contributed by atoms with van der Waals surface area (Å²) in [7, 11) is 2.34. The summed E-state index contributed by atoms with van der Waals surface area (Å²) in [6.45, 7) is 3.32. The quantitative estimate of drug-likeness (QED) is 0.276. The van der Waals surface area contributed by atoms with Gasteiger partial charge in [-0.25, -0.2) is 0 Å². The van der Waals surface area contributed by atoms with Crippen LogP contribution in [-0.4, -0.2) is 8.41 Å². The Kier molecular flexibility index (Phi) is 23.5. The fraction of sp³-hybridized carbons (Fsp3) is 0. The lowest BCUT2D eigenvalue weighted by Crippen LogP contribution is -0.892. The molecule has 0 radical (unpaired) electrons. The lowest BCUT2D eigenvalue weighted by atomic mass is 10.8. The van der Waals surface area contributed by atoms with Crippen LogP contribution in [0.4, 0.5) is 0 Å². The highest BCUT2D eigenvalue weighted by Crippen LogP contribution is 1.69. The van der Waals surface area contributed by atoms with Gasteiger partial charge < -0.3 is 0 Å². The SMILES string of the molecule is B.C=CP. The fourth-order valence-electron chi connectivity index (χ4n) is 0. The van der Waals surface area contributed by atoms with E-state index in [0.29, 0.717) is 0 Å². The first-order valence-electron chi connectivity index (χ1n) is 0.742. The first-order chi connectivity index (χ1) is 1.41. The third kappa shape index (κ3) is 61.8. The van der Waals surface area contributed by atoms with Gasteiger partial charge in [0.25, 0.3) is 0 Å². The average molecular weight is 73.9 g/mol. The summed E-state index contributed by atoms with van der Waals surface area (Å²) in [5.41, 5.74) is 0. The molecule has 0 amide bonds. The molecule has 0 aliphatic heterocycles. The molecule has 24 valence electrons. The Morgan fingerprint density at radius 1 is 1.75 bits per heavy atom. The van der Waals surface area contributed by atoms with E-state index >= 15 is 0 Å². The van der Waals surface area contributed by atoms with Crippen molar-refractivity contribution in [2.24, 2.45) is 0 Å². The van der Waals surface area contributed by atoms with Crippen LogP contribution in [0.25, 0.3) is 0 Å². The van der Waals surface area contributed by atoms with Gasteiger partial charge in [0.1, 0.15) is 0 Å². The van der Waals surface area contributed by atoms with E-state index in [1.165, 1.54) is 0 Å². The van der Waals surface area contributed by atoms with Crippen LogP contribution in [0.2, 0.25) is 0 Å². The van der Waals surface area contributed by atoms with Crippen LogP contribution in [-0.2, 0) is 0 Å². The predicted molar refractivity (Wildman–Crippen MR) is 29.8 cm³/mol. The molecule has 0 aromatic heterocycles. The van der Waals surface area contributed by atoms with Crippen molar-refractivity contribution in [3.63, 3.8) is 0 Å². The van der Waals surface area contributed by atoms with Crippen molar-refractivity contribution in [2.75, 3.05) is 0 Å². The van der Waals surface area contributed by atoms with Gasteiger partial charge in [-0.05, 0) is 0 Å². The molecule has 0 saturated carbocycles. The Labute approximate surface area is 31.1 Å². The van der Waals surface area contributed by atoms with E-state index in [1.807, 2.05) is 0 Å². The topological polar surface area (TPSA) is 0 Å². The summed E-state index contributed by atoms with van der Waals surface area (Å²) >= 11 is 0. The Balaban J connectivity index is 0. The minimum atomic E-state index is 0. The fourth-order valence-corrected chi connectivity index (χ4v) is 0.